The summed E-state index contributed by atoms with van der Waals surface area (Å²) in [5.41, 5.74) is 0. The van der Waals surface area contributed by atoms with E-state index in [-0.39, 0.29) is 0 Å². The predicted molar refractivity (Wildman–Crippen MR) is 54.3 cm³/mol. The fourth-order valence-electron chi connectivity index (χ4n) is 0.704. The molecular formula is C6H13ClO4S2. The molecule has 0 spiro atoms. The largest absolute Gasteiger partial charge is 0.408 e. The highest BCUT2D eigenvalue weighted by atomic mass is 35.5. The molecule has 13 heavy (non-hydrogen) atoms. The molecule has 0 saturated carbocycles. The Labute approximate surface area is 88.2 Å². The van der Waals surface area contributed by atoms with Crippen molar-refractivity contribution in [2.75, 3.05) is 11.6 Å². The SMILES string of the molecule is O=S(=O)(O)OSCCCCCCCl. The van der Waals surface area contributed by atoms with E-state index in [2.05, 4.69) is 3.63 Å². The van der Waals surface area contributed by atoms with Crippen molar-refractivity contribution in [2.24, 2.45) is 0 Å². The Morgan fingerprint density at radius 3 is 2.38 bits per heavy atom. The van der Waals surface area contributed by atoms with E-state index >= 15 is 0 Å². The van der Waals surface area contributed by atoms with E-state index in [0.29, 0.717) is 11.6 Å². The van der Waals surface area contributed by atoms with Gasteiger partial charge in [-0.15, -0.1) is 11.6 Å². The van der Waals surface area contributed by atoms with E-state index < -0.39 is 10.4 Å². The van der Waals surface area contributed by atoms with Crippen molar-refractivity contribution in [1.29, 1.82) is 0 Å². The molecule has 0 aromatic carbocycles. The van der Waals surface area contributed by atoms with Gasteiger partial charge in [0.1, 0.15) is 0 Å². The Kier molecular flexibility index (Phi) is 8.18. The van der Waals surface area contributed by atoms with Crippen LogP contribution in [0.5, 0.6) is 0 Å². The second-order valence-corrected chi connectivity index (χ2v) is 4.84. The average molecular weight is 249 g/mol. The van der Waals surface area contributed by atoms with Crippen LogP contribution in [-0.4, -0.2) is 24.6 Å². The van der Waals surface area contributed by atoms with Crippen LogP contribution < -0.4 is 0 Å². The van der Waals surface area contributed by atoms with Crippen LogP contribution in [-0.2, 0) is 14.0 Å². The minimum absolute atomic E-state index is 0.558. The van der Waals surface area contributed by atoms with Crippen molar-refractivity contribution >= 4 is 34.0 Å². The van der Waals surface area contributed by atoms with E-state index in [9.17, 15) is 8.42 Å². The van der Waals surface area contributed by atoms with Gasteiger partial charge >= 0.3 is 10.4 Å². The first kappa shape index (κ1) is 13.5. The van der Waals surface area contributed by atoms with Crippen LogP contribution in [0.4, 0.5) is 0 Å². The molecule has 0 heterocycles. The molecule has 0 aliphatic heterocycles. The van der Waals surface area contributed by atoms with Gasteiger partial charge in [0.15, 0.2) is 0 Å². The van der Waals surface area contributed by atoms with Gasteiger partial charge in [0.2, 0.25) is 0 Å². The van der Waals surface area contributed by atoms with E-state index in [1.54, 1.807) is 0 Å². The summed E-state index contributed by atoms with van der Waals surface area (Å²) in [7, 11) is -4.28. The molecule has 0 saturated heterocycles. The number of alkyl halides is 1. The molecule has 0 aromatic rings. The smallest absolute Gasteiger partial charge is 0.263 e. The zero-order valence-electron chi connectivity index (χ0n) is 7.11. The highest BCUT2D eigenvalue weighted by Gasteiger charge is 2.03. The topological polar surface area (TPSA) is 63.6 Å². The number of halogens is 1. The quantitative estimate of drug-likeness (QED) is 0.309. The average Bonchev–Trinajstić information content (AvgIpc) is 2.01. The van der Waals surface area contributed by atoms with Crippen LogP contribution in [0.2, 0.25) is 0 Å². The summed E-state index contributed by atoms with van der Waals surface area (Å²) in [5, 5.41) is 0. The Bertz CT molecular complexity index is 205. The lowest BCUT2D eigenvalue weighted by Crippen LogP contribution is -1.97. The van der Waals surface area contributed by atoms with Gasteiger partial charge in [0.25, 0.3) is 0 Å². The van der Waals surface area contributed by atoms with Gasteiger partial charge in [0.05, 0.1) is 0 Å². The third-order valence-electron chi connectivity index (χ3n) is 1.25. The first-order valence-electron chi connectivity index (χ1n) is 3.91. The zero-order valence-corrected chi connectivity index (χ0v) is 9.50. The lowest BCUT2D eigenvalue weighted by atomic mass is 10.2. The van der Waals surface area contributed by atoms with Crippen molar-refractivity contribution in [2.45, 2.75) is 25.7 Å². The second kappa shape index (κ2) is 7.87. The number of hydrogen-bond donors (Lipinski definition) is 1. The molecule has 0 unspecified atom stereocenters. The maximum absolute atomic E-state index is 10.1. The van der Waals surface area contributed by atoms with Crippen LogP contribution in [0.3, 0.4) is 0 Å². The molecule has 0 rings (SSSR count). The first-order valence-corrected chi connectivity index (χ1v) is 6.72. The zero-order chi connectivity index (χ0) is 10.2. The lowest BCUT2D eigenvalue weighted by Gasteiger charge is -1.98. The Hall–Kier alpha value is 0.510. The van der Waals surface area contributed by atoms with Crippen LogP contribution in [0.15, 0.2) is 0 Å². The van der Waals surface area contributed by atoms with Gasteiger partial charge in [-0.3, -0.25) is 4.55 Å². The molecule has 0 atom stereocenters. The van der Waals surface area contributed by atoms with Crippen LogP contribution in [0.25, 0.3) is 0 Å². The summed E-state index contributed by atoms with van der Waals surface area (Å²) >= 11 is 6.21. The minimum atomic E-state index is -4.28. The maximum Gasteiger partial charge on any atom is 0.408 e. The Morgan fingerprint density at radius 1 is 1.23 bits per heavy atom. The van der Waals surface area contributed by atoms with Gasteiger partial charge in [-0.25, -0.2) is 0 Å². The normalized spacial score (nSPS) is 11.8. The summed E-state index contributed by atoms with van der Waals surface area (Å²) in [6.07, 6.45) is 3.87. The first-order chi connectivity index (χ1) is 6.06. The van der Waals surface area contributed by atoms with E-state index in [0.717, 1.165) is 37.7 Å². The van der Waals surface area contributed by atoms with Crippen molar-refractivity contribution in [3.63, 3.8) is 0 Å². The van der Waals surface area contributed by atoms with Gasteiger partial charge in [-0.05, 0) is 12.8 Å². The lowest BCUT2D eigenvalue weighted by molar-refractivity contribution is 0.407. The Morgan fingerprint density at radius 2 is 1.85 bits per heavy atom. The number of hydrogen-bond acceptors (Lipinski definition) is 4. The molecule has 0 aliphatic carbocycles. The van der Waals surface area contributed by atoms with Crippen molar-refractivity contribution < 1.29 is 16.6 Å². The highest BCUT2D eigenvalue weighted by Crippen LogP contribution is 2.11. The molecule has 1 N–H and O–H groups in total. The van der Waals surface area contributed by atoms with Crippen molar-refractivity contribution in [1.82, 2.24) is 0 Å². The van der Waals surface area contributed by atoms with E-state index in [1.165, 1.54) is 0 Å². The minimum Gasteiger partial charge on any atom is -0.263 e. The predicted octanol–water partition coefficient (Wildman–Crippen LogP) is 2.25. The highest BCUT2D eigenvalue weighted by molar-refractivity contribution is 8.02. The summed E-state index contributed by atoms with van der Waals surface area (Å²) < 4.78 is 32.3. The standard InChI is InChI=1S/C6H13ClO4S2/c7-5-3-1-2-4-6-12-11-13(8,9)10/h1-6H2,(H,8,9,10). The molecule has 7 heteroatoms. The van der Waals surface area contributed by atoms with E-state index in [4.69, 9.17) is 16.2 Å². The second-order valence-electron chi connectivity index (χ2n) is 2.42. The van der Waals surface area contributed by atoms with Gasteiger partial charge in [-0.2, -0.15) is 12.0 Å². The third-order valence-corrected chi connectivity index (χ3v) is 3.04. The molecule has 4 nitrogen and oxygen atoms in total. The monoisotopic (exact) mass is 248 g/mol. The molecule has 0 fully saturated rings. The molecule has 0 aliphatic rings. The molecule has 0 aromatic heterocycles. The molecule has 0 bridgehead atoms. The third kappa shape index (κ3) is 12.5. The molecule has 80 valence electrons. The van der Waals surface area contributed by atoms with Crippen LogP contribution >= 0.6 is 23.6 Å². The van der Waals surface area contributed by atoms with Gasteiger partial charge in [-0.1, -0.05) is 12.8 Å². The van der Waals surface area contributed by atoms with Crippen LogP contribution in [0, 0.1) is 0 Å². The number of rotatable bonds is 8. The molecular weight excluding hydrogens is 236 g/mol. The molecule has 0 radical (unpaired) electrons. The summed E-state index contributed by atoms with van der Waals surface area (Å²) in [6.45, 7) is 0. The molecule has 0 amide bonds. The van der Waals surface area contributed by atoms with Gasteiger partial charge < -0.3 is 0 Å². The maximum atomic E-state index is 10.1. The summed E-state index contributed by atoms with van der Waals surface area (Å²) in [5.74, 6) is 1.22. The summed E-state index contributed by atoms with van der Waals surface area (Å²) in [6, 6.07) is 0. The van der Waals surface area contributed by atoms with Crippen molar-refractivity contribution in [3.05, 3.63) is 0 Å². The Balaban J connectivity index is 3.09. The van der Waals surface area contributed by atoms with Crippen LogP contribution in [0.1, 0.15) is 25.7 Å². The fourth-order valence-corrected chi connectivity index (χ4v) is 1.97. The fraction of sp³-hybridized carbons (Fsp3) is 1.00. The van der Waals surface area contributed by atoms with Crippen molar-refractivity contribution in [3.8, 4) is 0 Å². The summed E-state index contributed by atoms with van der Waals surface area (Å²) in [4.78, 5) is 0. The van der Waals surface area contributed by atoms with Gasteiger partial charge in [0, 0.05) is 23.7 Å². The van der Waals surface area contributed by atoms with E-state index in [1.807, 2.05) is 0 Å². The number of unbranched alkanes of at least 4 members (excludes halogenated alkanes) is 3.